The van der Waals surface area contributed by atoms with Crippen LogP contribution in [-0.4, -0.2) is 16.3 Å². The van der Waals surface area contributed by atoms with E-state index in [1.54, 1.807) is 0 Å². The molecule has 0 fully saturated rings. The third-order valence-corrected chi connectivity index (χ3v) is 2.33. The van der Waals surface area contributed by atoms with Gasteiger partial charge in [0.1, 0.15) is 0 Å². The van der Waals surface area contributed by atoms with Crippen LogP contribution in [0.25, 0.3) is 10.8 Å². The van der Waals surface area contributed by atoms with Gasteiger partial charge in [0, 0.05) is 0 Å². The molecule has 2 aromatic rings. The minimum Gasteiger partial charge on any atom is -0.131 e. The zero-order valence-corrected chi connectivity index (χ0v) is 7.27. The fourth-order valence-corrected chi connectivity index (χ4v) is 1.62. The van der Waals surface area contributed by atoms with Crippen molar-refractivity contribution in [3.05, 3.63) is 42.5 Å². The van der Waals surface area contributed by atoms with Crippen LogP contribution in [0.3, 0.4) is 0 Å². The summed E-state index contributed by atoms with van der Waals surface area (Å²) in [6.45, 7) is 0. The smallest absolute Gasteiger partial charge is 0.131 e. The first-order valence-corrected chi connectivity index (χ1v) is 4.19. The topological polar surface area (TPSA) is 0 Å². The predicted octanol–water partition coefficient (Wildman–Crippen LogP) is 1.63. The summed E-state index contributed by atoms with van der Waals surface area (Å²) in [6, 6.07) is 14.7. The molecule has 0 aromatic heterocycles. The van der Waals surface area contributed by atoms with E-state index in [2.05, 4.69) is 58.8 Å². The van der Waals surface area contributed by atoms with Crippen molar-refractivity contribution in [3.63, 3.8) is 0 Å². The van der Waals surface area contributed by atoms with Crippen molar-refractivity contribution in [1.82, 2.24) is 0 Å². The predicted molar refractivity (Wildman–Crippen MR) is 49.3 cm³/mol. The molecule has 2 radical (unpaired) electrons. The van der Waals surface area contributed by atoms with E-state index in [9.17, 15) is 0 Å². The second kappa shape index (κ2) is 2.70. The SMILES string of the molecule is [Al][c]1cccc2ccccc12. The van der Waals surface area contributed by atoms with Crippen LogP contribution in [0.5, 0.6) is 0 Å². The minimum atomic E-state index is 1.27. The van der Waals surface area contributed by atoms with E-state index in [1.807, 2.05) is 0 Å². The molecule has 0 bridgehead atoms. The van der Waals surface area contributed by atoms with E-state index in [0.29, 0.717) is 0 Å². The quantitative estimate of drug-likeness (QED) is 0.506. The molecular formula is C10H7Al. The zero-order chi connectivity index (χ0) is 7.68. The van der Waals surface area contributed by atoms with Crippen LogP contribution in [0.4, 0.5) is 0 Å². The summed E-state index contributed by atoms with van der Waals surface area (Å²) < 4.78 is 1.27. The summed E-state index contributed by atoms with van der Waals surface area (Å²) in [5, 5.41) is 2.63. The highest BCUT2D eigenvalue weighted by atomic mass is 27.0. The van der Waals surface area contributed by atoms with Crippen LogP contribution in [0.15, 0.2) is 42.5 Å². The Labute approximate surface area is 74.3 Å². The third-order valence-electron chi connectivity index (χ3n) is 1.82. The summed E-state index contributed by atoms with van der Waals surface area (Å²) in [7, 11) is 0. The zero-order valence-electron chi connectivity index (χ0n) is 6.12. The highest BCUT2D eigenvalue weighted by molar-refractivity contribution is 6.38. The number of fused-ring (bicyclic) bond motifs is 1. The Bertz CT molecular complexity index is 374. The van der Waals surface area contributed by atoms with Crippen molar-refractivity contribution in [1.29, 1.82) is 0 Å². The molecule has 0 aliphatic heterocycles. The van der Waals surface area contributed by atoms with Gasteiger partial charge in [-0.3, -0.25) is 0 Å². The minimum absolute atomic E-state index is 1.27. The van der Waals surface area contributed by atoms with Gasteiger partial charge in [-0.1, -0.05) is 42.5 Å². The van der Waals surface area contributed by atoms with Crippen LogP contribution in [0, 0.1) is 0 Å². The summed E-state index contributed by atoms with van der Waals surface area (Å²) >= 11 is 2.74. The van der Waals surface area contributed by atoms with Gasteiger partial charge in [-0.05, 0) is 10.8 Å². The van der Waals surface area contributed by atoms with Gasteiger partial charge in [-0.2, -0.15) is 0 Å². The molecule has 0 saturated heterocycles. The lowest BCUT2D eigenvalue weighted by Gasteiger charge is -2.00. The van der Waals surface area contributed by atoms with Crippen LogP contribution < -0.4 is 4.43 Å². The molecule has 0 heterocycles. The lowest BCUT2D eigenvalue weighted by Crippen LogP contribution is -2.01. The Kier molecular flexibility index (Phi) is 1.69. The number of rotatable bonds is 0. The van der Waals surface area contributed by atoms with Crippen molar-refractivity contribution < 1.29 is 0 Å². The lowest BCUT2D eigenvalue weighted by atomic mass is 10.1. The van der Waals surface area contributed by atoms with E-state index in [0.717, 1.165) is 0 Å². The van der Waals surface area contributed by atoms with Crippen LogP contribution in [0.2, 0.25) is 0 Å². The molecule has 0 atom stereocenters. The first-order chi connectivity index (χ1) is 5.38. The van der Waals surface area contributed by atoms with Crippen LogP contribution in [-0.2, 0) is 0 Å². The van der Waals surface area contributed by atoms with E-state index in [-0.39, 0.29) is 0 Å². The van der Waals surface area contributed by atoms with Crippen molar-refractivity contribution in [2.75, 3.05) is 0 Å². The molecule has 0 saturated carbocycles. The number of benzene rings is 2. The molecular weight excluding hydrogens is 147 g/mol. The van der Waals surface area contributed by atoms with Crippen molar-refractivity contribution in [3.8, 4) is 0 Å². The van der Waals surface area contributed by atoms with Crippen LogP contribution in [0.1, 0.15) is 0 Å². The highest BCUT2D eigenvalue weighted by Gasteiger charge is 1.91. The third kappa shape index (κ3) is 1.18. The Morgan fingerprint density at radius 2 is 1.55 bits per heavy atom. The average Bonchev–Trinajstić information content (AvgIpc) is 2.06. The van der Waals surface area contributed by atoms with Gasteiger partial charge in [0.2, 0.25) is 0 Å². The van der Waals surface area contributed by atoms with Gasteiger partial charge < -0.3 is 0 Å². The summed E-state index contributed by atoms with van der Waals surface area (Å²) in [5.41, 5.74) is 0. The second-order valence-corrected chi connectivity index (χ2v) is 3.19. The Balaban J connectivity index is 2.91. The molecule has 50 valence electrons. The standard InChI is InChI=1S/C10H7.Al/c1-2-6-10-8-4-3-7-9(10)5-1;/h1-7H;. The molecule has 1 heteroatoms. The Morgan fingerprint density at radius 1 is 0.818 bits per heavy atom. The summed E-state index contributed by atoms with van der Waals surface area (Å²) in [4.78, 5) is 0. The average molecular weight is 154 g/mol. The van der Waals surface area contributed by atoms with E-state index < -0.39 is 0 Å². The molecule has 0 nitrogen and oxygen atoms in total. The normalized spacial score (nSPS) is 10.2. The molecule has 0 N–H and O–H groups in total. The largest absolute Gasteiger partial charge is 0.176 e. The van der Waals surface area contributed by atoms with Crippen molar-refractivity contribution in [2.45, 2.75) is 0 Å². The van der Waals surface area contributed by atoms with Gasteiger partial charge in [-0.15, -0.1) is 4.43 Å². The molecule has 11 heavy (non-hydrogen) atoms. The van der Waals surface area contributed by atoms with Crippen molar-refractivity contribution >= 4 is 31.5 Å². The highest BCUT2D eigenvalue weighted by Crippen LogP contribution is 2.08. The Morgan fingerprint density at radius 3 is 2.36 bits per heavy atom. The van der Waals surface area contributed by atoms with Crippen LogP contribution >= 0.6 is 0 Å². The van der Waals surface area contributed by atoms with Gasteiger partial charge >= 0.3 is 0 Å². The Hall–Kier alpha value is -0.768. The lowest BCUT2D eigenvalue weighted by molar-refractivity contribution is 1.78. The van der Waals surface area contributed by atoms with Gasteiger partial charge in [0.15, 0.2) is 16.3 Å². The van der Waals surface area contributed by atoms with Gasteiger partial charge in [0.25, 0.3) is 0 Å². The maximum absolute atomic E-state index is 2.74. The molecule has 0 aliphatic rings. The number of hydrogen-bond donors (Lipinski definition) is 0. The summed E-state index contributed by atoms with van der Waals surface area (Å²) in [5.74, 6) is 0. The maximum Gasteiger partial charge on any atom is 0.176 e. The fourth-order valence-electron chi connectivity index (χ4n) is 1.25. The fraction of sp³-hybridized carbons (Fsp3) is 0. The van der Waals surface area contributed by atoms with Gasteiger partial charge in [-0.25, -0.2) is 0 Å². The number of hydrogen-bond acceptors (Lipinski definition) is 0. The van der Waals surface area contributed by atoms with Crippen molar-refractivity contribution in [2.24, 2.45) is 0 Å². The monoisotopic (exact) mass is 154 g/mol. The molecule has 2 aromatic carbocycles. The van der Waals surface area contributed by atoms with E-state index in [4.69, 9.17) is 0 Å². The maximum atomic E-state index is 2.74. The molecule has 0 spiro atoms. The second-order valence-electron chi connectivity index (χ2n) is 2.57. The first kappa shape index (κ1) is 6.91. The van der Waals surface area contributed by atoms with E-state index >= 15 is 0 Å². The van der Waals surface area contributed by atoms with Gasteiger partial charge in [0.05, 0.1) is 0 Å². The van der Waals surface area contributed by atoms with E-state index in [1.165, 1.54) is 15.2 Å². The summed E-state index contributed by atoms with van der Waals surface area (Å²) in [6.07, 6.45) is 0. The molecule has 0 amide bonds. The molecule has 0 aliphatic carbocycles. The first-order valence-electron chi connectivity index (χ1n) is 3.61. The molecule has 2 rings (SSSR count). The molecule has 0 unspecified atom stereocenters.